The minimum atomic E-state index is -2.50. The minimum absolute atomic E-state index is 0.258. The standard InChI is InChI=1S/C15H32O5Si.C3H8/c1-5-15(13-17-14-15)12-16-10-9-11-21(18-6-2,19-7-3)20-8-4;1-3-2/h5-14H2,1-4H3;3H2,1-2H3. The van der Waals surface area contributed by atoms with Gasteiger partial charge in [0.1, 0.15) is 0 Å². The van der Waals surface area contributed by atoms with Crippen LogP contribution in [0.4, 0.5) is 0 Å². The maximum Gasteiger partial charge on any atom is 0.501 e. The van der Waals surface area contributed by atoms with Crippen LogP contribution in [0.5, 0.6) is 0 Å². The molecule has 1 aliphatic heterocycles. The summed E-state index contributed by atoms with van der Waals surface area (Å²) in [5.41, 5.74) is 0.258. The summed E-state index contributed by atoms with van der Waals surface area (Å²) in [7, 11) is -2.50. The van der Waals surface area contributed by atoms with Crippen molar-refractivity contribution < 1.29 is 22.8 Å². The Bertz CT molecular complexity index is 262. The van der Waals surface area contributed by atoms with Crippen molar-refractivity contribution in [2.45, 2.75) is 66.8 Å². The SMILES string of the molecule is CCC.CCO[Si](CCCOCC1(CC)COC1)(OCC)OCC. The van der Waals surface area contributed by atoms with E-state index in [2.05, 4.69) is 20.8 Å². The van der Waals surface area contributed by atoms with Crippen LogP contribution in [-0.2, 0) is 22.8 Å². The van der Waals surface area contributed by atoms with Crippen LogP contribution in [0.3, 0.4) is 0 Å². The fourth-order valence-corrected chi connectivity index (χ4v) is 5.04. The van der Waals surface area contributed by atoms with Crippen molar-refractivity contribution in [3.8, 4) is 0 Å². The topological polar surface area (TPSA) is 46.2 Å². The first-order valence-electron chi connectivity index (χ1n) is 9.64. The highest BCUT2D eigenvalue weighted by atomic mass is 28.4. The molecule has 6 heteroatoms. The van der Waals surface area contributed by atoms with E-state index < -0.39 is 8.80 Å². The molecule has 0 aromatic carbocycles. The zero-order chi connectivity index (χ0) is 18.3. The predicted molar refractivity (Wildman–Crippen MR) is 100 cm³/mol. The van der Waals surface area contributed by atoms with E-state index in [0.29, 0.717) is 19.8 Å². The van der Waals surface area contributed by atoms with Crippen molar-refractivity contribution in [2.24, 2.45) is 5.41 Å². The van der Waals surface area contributed by atoms with Gasteiger partial charge in [-0.25, -0.2) is 0 Å². The molecule has 5 nitrogen and oxygen atoms in total. The molecule has 1 rings (SSSR count). The summed E-state index contributed by atoms with van der Waals surface area (Å²) in [6.45, 7) is 17.5. The second-order valence-corrected chi connectivity index (χ2v) is 8.92. The molecule has 0 radical (unpaired) electrons. The van der Waals surface area contributed by atoms with Gasteiger partial charge < -0.3 is 22.8 Å². The van der Waals surface area contributed by atoms with Crippen molar-refractivity contribution in [2.75, 3.05) is 46.2 Å². The van der Waals surface area contributed by atoms with Crippen molar-refractivity contribution in [1.29, 1.82) is 0 Å². The lowest BCUT2D eigenvalue weighted by atomic mass is 9.84. The van der Waals surface area contributed by atoms with E-state index >= 15 is 0 Å². The molecular formula is C18H40O5Si. The van der Waals surface area contributed by atoms with Crippen LogP contribution in [-0.4, -0.2) is 55.1 Å². The minimum Gasteiger partial charge on any atom is -0.381 e. The Balaban J connectivity index is 0.00000163. The van der Waals surface area contributed by atoms with E-state index in [-0.39, 0.29) is 5.41 Å². The third-order valence-electron chi connectivity index (χ3n) is 3.84. The van der Waals surface area contributed by atoms with Gasteiger partial charge in [0.15, 0.2) is 0 Å². The molecule has 0 saturated carbocycles. The van der Waals surface area contributed by atoms with Gasteiger partial charge >= 0.3 is 8.80 Å². The molecule has 1 aliphatic rings. The Hall–Kier alpha value is 0.0169. The van der Waals surface area contributed by atoms with Crippen LogP contribution in [0, 0.1) is 5.41 Å². The Kier molecular flexibility index (Phi) is 14.2. The van der Waals surface area contributed by atoms with Gasteiger partial charge in [-0.2, -0.15) is 0 Å². The molecule has 0 aliphatic carbocycles. The number of ether oxygens (including phenoxy) is 2. The van der Waals surface area contributed by atoms with Crippen molar-refractivity contribution in [1.82, 2.24) is 0 Å². The van der Waals surface area contributed by atoms with E-state index in [4.69, 9.17) is 22.8 Å². The first-order chi connectivity index (χ1) is 11.6. The maximum atomic E-state index is 5.84. The lowest BCUT2D eigenvalue weighted by Crippen LogP contribution is -2.47. The molecule has 24 heavy (non-hydrogen) atoms. The van der Waals surface area contributed by atoms with Gasteiger partial charge in [-0.05, 0) is 33.6 Å². The molecule has 0 spiro atoms. The molecule has 0 unspecified atom stereocenters. The summed E-state index contributed by atoms with van der Waals surface area (Å²) in [5.74, 6) is 0. The van der Waals surface area contributed by atoms with Crippen LogP contribution in [0.2, 0.25) is 6.04 Å². The van der Waals surface area contributed by atoms with Crippen molar-refractivity contribution in [3.63, 3.8) is 0 Å². The summed E-state index contributed by atoms with van der Waals surface area (Å²) in [6, 6.07) is 0.818. The lowest BCUT2D eigenvalue weighted by Gasteiger charge is -2.40. The Labute approximate surface area is 150 Å². The van der Waals surface area contributed by atoms with Gasteiger partial charge in [0, 0.05) is 37.9 Å². The summed E-state index contributed by atoms with van der Waals surface area (Å²) in [5, 5.41) is 0. The average Bonchev–Trinajstić information content (AvgIpc) is 2.51. The normalized spacial score (nSPS) is 16.2. The fraction of sp³-hybridized carbons (Fsp3) is 1.00. The van der Waals surface area contributed by atoms with Gasteiger partial charge in [-0.1, -0.05) is 27.2 Å². The summed E-state index contributed by atoms with van der Waals surface area (Å²) in [6.07, 6.45) is 3.27. The van der Waals surface area contributed by atoms with Gasteiger partial charge in [-0.3, -0.25) is 0 Å². The molecule has 0 amide bonds. The molecule has 0 atom stereocenters. The quantitative estimate of drug-likeness (QED) is 0.360. The smallest absolute Gasteiger partial charge is 0.381 e. The first kappa shape index (κ1) is 24.0. The molecule has 0 bridgehead atoms. The van der Waals surface area contributed by atoms with Crippen LogP contribution in [0.1, 0.15) is 60.8 Å². The van der Waals surface area contributed by atoms with E-state index in [0.717, 1.165) is 45.3 Å². The second-order valence-electron chi connectivity index (χ2n) is 6.19. The first-order valence-corrected chi connectivity index (χ1v) is 11.6. The fourth-order valence-electron chi connectivity index (χ4n) is 2.46. The highest BCUT2D eigenvalue weighted by Gasteiger charge is 2.40. The van der Waals surface area contributed by atoms with Crippen LogP contribution in [0.15, 0.2) is 0 Å². The van der Waals surface area contributed by atoms with Crippen LogP contribution < -0.4 is 0 Å². The van der Waals surface area contributed by atoms with Gasteiger partial charge in [0.05, 0.1) is 19.8 Å². The van der Waals surface area contributed by atoms with E-state index in [1.54, 1.807) is 0 Å². The number of rotatable bonds is 13. The average molecular weight is 365 g/mol. The molecule has 0 N–H and O–H groups in total. The van der Waals surface area contributed by atoms with Crippen molar-refractivity contribution >= 4 is 8.80 Å². The summed E-state index contributed by atoms with van der Waals surface area (Å²) in [4.78, 5) is 0. The van der Waals surface area contributed by atoms with Crippen LogP contribution >= 0.6 is 0 Å². The highest BCUT2D eigenvalue weighted by molar-refractivity contribution is 6.60. The predicted octanol–water partition coefficient (Wildman–Crippen LogP) is 4.28. The van der Waals surface area contributed by atoms with Gasteiger partial charge in [-0.15, -0.1) is 0 Å². The zero-order valence-electron chi connectivity index (χ0n) is 16.8. The lowest BCUT2D eigenvalue weighted by molar-refractivity contribution is -0.150. The number of hydrogen-bond acceptors (Lipinski definition) is 5. The monoisotopic (exact) mass is 364 g/mol. The number of hydrogen-bond donors (Lipinski definition) is 0. The van der Waals surface area contributed by atoms with Crippen molar-refractivity contribution in [3.05, 3.63) is 0 Å². The largest absolute Gasteiger partial charge is 0.501 e. The second kappa shape index (κ2) is 14.2. The molecule has 0 aromatic rings. The highest BCUT2D eigenvalue weighted by Crippen LogP contribution is 2.31. The summed E-state index contributed by atoms with van der Waals surface area (Å²) < 4.78 is 28.6. The van der Waals surface area contributed by atoms with Gasteiger partial charge in [0.2, 0.25) is 0 Å². The van der Waals surface area contributed by atoms with Gasteiger partial charge in [0.25, 0.3) is 0 Å². The van der Waals surface area contributed by atoms with Crippen LogP contribution in [0.25, 0.3) is 0 Å². The van der Waals surface area contributed by atoms with E-state index in [1.807, 2.05) is 20.8 Å². The molecule has 1 saturated heterocycles. The molecule has 146 valence electrons. The third-order valence-corrected chi connectivity index (χ3v) is 6.99. The molecule has 1 heterocycles. The Morgan fingerprint density at radius 2 is 1.38 bits per heavy atom. The van der Waals surface area contributed by atoms with E-state index in [9.17, 15) is 0 Å². The third kappa shape index (κ3) is 8.92. The molecule has 1 fully saturated rings. The Morgan fingerprint density at radius 3 is 1.71 bits per heavy atom. The zero-order valence-corrected chi connectivity index (χ0v) is 17.8. The maximum absolute atomic E-state index is 5.84. The summed E-state index contributed by atoms with van der Waals surface area (Å²) >= 11 is 0. The Morgan fingerprint density at radius 1 is 0.875 bits per heavy atom. The molecular weight excluding hydrogens is 324 g/mol. The molecule has 0 aromatic heterocycles. The van der Waals surface area contributed by atoms with E-state index in [1.165, 1.54) is 6.42 Å².